The third-order valence-electron chi connectivity index (χ3n) is 5.07. The highest BCUT2D eigenvalue weighted by molar-refractivity contribution is 5.87. The van der Waals surface area contributed by atoms with E-state index >= 15 is 0 Å². The molecule has 0 bridgehead atoms. The van der Waals surface area contributed by atoms with Crippen molar-refractivity contribution in [1.82, 2.24) is 0 Å². The third kappa shape index (κ3) is 4.06. The van der Waals surface area contributed by atoms with Crippen LogP contribution in [0.1, 0.15) is 45.4 Å². The molecule has 0 aliphatic heterocycles. The smallest absolute Gasteiger partial charge is 0.333 e. The second-order valence-corrected chi connectivity index (χ2v) is 6.66. The molecule has 0 radical (unpaired) electrons. The van der Waals surface area contributed by atoms with Crippen LogP contribution in [-0.4, -0.2) is 37.6 Å². The number of hydrogen-bond acceptors (Lipinski definition) is 3. The van der Waals surface area contributed by atoms with Crippen molar-refractivity contribution in [3.63, 3.8) is 0 Å². The first-order chi connectivity index (χ1) is 10.4. The molecule has 3 nitrogen and oxygen atoms in total. The van der Waals surface area contributed by atoms with E-state index < -0.39 is 24.4 Å². The summed E-state index contributed by atoms with van der Waals surface area (Å²) in [5, 5.41) is 0. The molecule has 0 saturated heterocycles. The molecular formula is C17H26F2O3. The van der Waals surface area contributed by atoms with Crippen LogP contribution in [0.15, 0.2) is 12.2 Å². The number of esters is 1. The summed E-state index contributed by atoms with van der Waals surface area (Å²) >= 11 is 0. The maximum Gasteiger partial charge on any atom is 0.333 e. The monoisotopic (exact) mass is 316 g/mol. The van der Waals surface area contributed by atoms with Gasteiger partial charge in [0.2, 0.25) is 0 Å². The zero-order valence-corrected chi connectivity index (χ0v) is 13.4. The lowest BCUT2D eigenvalue weighted by Gasteiger charge is -2.40. The number of carbonyl (C=O) groups is 1. The summed E-state index contributed by atoms with van der Waals surface area (Å²) in [4.78, 5) is 11.5. The van der Waals surface area contributed by atoms with Gasteiger partial charge in [0, 0.05) is 19.1 Å². The van der Waals surface area contributed by atoms with Crippen LogP contribution in [0.25, 0.3) is 0 Å². The fraction of sp³-hybridized carbons (Fsp3) is 0.824. The molecule has 22 heavy (non-hydrogen) atoms. The summed E-state index contributed by atoms with van der Waals surface area (Å²) in [5.41, 5.74) is 0.274. The minimum absolute atomic E-state index is 0.0136. The molecule has 6 atom stereocenters. The van der Waals surface area contributed by atoms with Gasteiger partial charge in [0.1, 0.15) is 18.4 Å². The molecule has 0 spiro atoms. The highest BCUT2D eigenvalue weighted by Gasteiger charge is 2.41. The average Bonchev–Trinajstić information content (AvgIpc) is 2.49. The van der Waals surface area contributed by atoms with Crippen molar-refractivity contribution >= 4 is 5.97 Å². The van der Waals surface area contributed by atoms with Gasteiger partial charge in [-0.05, 0) is 50.9 Å². The van der Waals surface area contributed by atoms with Crippen molar-refractivity contribution in [2.24, 2.45) is 11.8 Å². The van der Waals surface area contributed by atoms with E-state index in [2.05, 4.69) is 6.58 Å². The van der Waals surface area contributed by atoms with Crippen LogP contribution in [0, 0.1) is 11.8 Å². The van der Waals surface area contributed by atoms with Crippen LogP contribution in [-0.2, 0) is 14.3 Å². The van der Waals surface area contributed by atoms with Crippen LogP contribution >= 0.6 is 0 Å². The molecule has 6 unspecified atom stereocenters. The summed E-state index contributed by atoms with van der Waals surface area (Å²) in [7, 11) is 1.61. The molecular weight excluding hydrogens is 290 g/mol. The second kappa shape index (κ2) is 7.53. The van der Waals surface area contributed by atoms with Gasteiger partial charge in [-0.1, -0.05) is 6.58 Å². The fourth-order valence-electron chi connectivity index (χ4n) is 3.73. The first-order valence-electron chi connectivity index (χ1n) is 8.09. The Labute approximate surface area is 131 Å². The number of halogens is 2. The quantitative estimate of drug-likeness (QED) is 0.585. The minimum Gasteiger partial charge on any atom is -0.456 e. The van der Waals surface area contributed by atoms with Crippen LogP contribution in [0.4, 0.5) is 8.78 Å². The predicted molar refractivity (Wildman–Crippen MR) is 80.0 cm³/mol. The van der Waals surface area contributed by atoms with E-state index in [1.54, 1.807) is 14.0 Å². The Balaban J connectivity index is 1.87. The molecule has 0 aromatic rings. The molecule has 2 fully saturated rings. The number of hydrogen-bond donors (Lipinski definition) is 0. The van der Waals surface area contributed by atoms with E-state index in [0.29, 0.717) is 19.3 Å². The van der Waals surface area contributed by atoms with Gasteiger partial charge < -0.3 is 9.47 Å². The van der Waals surface area contributed by atoms with E-state index in [-0.39, 0.29) is 29.9 Å². The van der Waals surface area contributed by atoms with Crippen LogP contribution < -0.4 is 0 Å². The Morgan fingerprint density at radius 2 is 1.82 bits per heavy atom. The predicted octanol–water partition coefficient (Wildman–Crippen LogP) is 3.77. The molecule has 2 rings (SSSR count). The van der Waals surface area contributed by atoms with E-state index in [0.717, 1.165) is 12.8 Å². The second-order valence-electron chi connectivity index (χ2n) is 6.66. The van der Waals surface area contributed by atoms with Crippen molar-refractivity contribution in [1.29, 1.82) is 0 Å². The number of alkyl halides is 2. The molecule has 2 saturated carbocycles. The number of methoxy groups -OCH3 is 1. The number of ether oxygens (including phenoxy) is 2. The van der Waals surface area contributed by atoms with Gasteiger partial charge >= 0.3 is 5.97 Å². The van der Waals surface area contributed by atoms with Gasteiger partial charge in [0.25, 0.3) is 0 Å². The molecule has 5 heteroatoms. The summed E-state index contributed by atoms with van der Waals surface area (Å²) in [6.45, 7) is 5.05. The minimum atomic E-state index is -1.21. The maximum absolute atomic E-state index is 14.3. The topological polar surface area (TPSA) is 35.5 Å². The van der Waals surface area contributed by atoms with Gasteiger partial charge in [0.05, 0.1) is 6.10 Å². The Morgan fingerprint density at radius 1 is 1.09 bits per heavy atom. The number of carbonyl (C=O) groups excluding carboxylic acids is 1. The van der Waals surface area contributed by atoms with Gasteiger partial charge in [-0.25, -0.2) is 13.6 Å². The zero-order valence-electron chi connectivity index (χ0n) is 13.4. The Hall–Kier alpha value is -0.970. The maximum atomic E-state index is 14.3. The molecule has 2 aliphatic rings. The Kier molecular flexibility index (Phi) is 5.95. The van der Waals surface area contributed by atoms with Crippen molar-refractivity contribution in [2.45, 2.75) is 70.0 Å². The van der Waals surface area contributed by atoms with Crippen molar-refractivity contribution < 1.29 is 23.0 Å². The molecule has 0 heterocycles. The van der Waals surface area contributed by atoms with Crippen molar-refractivity contribution in [3.05, 3.63) is 12.2 Å². The van der Waals surface area contributed by atoms with Crippen LogP contribution in [0.2, 0.25) is 0 Å². The summed E-state index contributed by atoms with van der Waals surface area (Å²) in [6.07, 6.45) is 0.559. The molecule has 2 aliphatic carbocycles. The van der Waals surface area contributed by atoms with Gasteiger partial charge in [-0.2, -0.15) is 0 Å². The highest BCUT2D eigenvalue weighted by Crippen LogP contribution is 2.41. The van der Waals surface area contributed by atoms with E-state index in [1.807, 2.05) is 0 Å². The van der Waals surface area contributed by atoms with E-state index in [9.17, 15) is 13.6 Å². The van der Waals surface area contributed by atoms with Crippen molar-refractivity contribution in [2.75, 3.05) is 7.11 Å². The van der Waals surface area contributed by atoms with Gasteiger partial charge in [-0.15, -0.1) is 0 Å². The van der Waals surface area contributed by atoms with Crippen molar-refractivity contribution in [3.8, 4) is 0 Å². The van der Waals surface area contributed by atoms with E-state index in [1.165, 1.54) is 0 Å². The Bertz CT molecular complexity index is 413. The van der Waals surface area contributed by atoms with Crippen LogP contribution in [0.3, 0.4) is 0 Å². The number of rotatable bonds is 4. The fourth-order valence-corrected chi connectivity index (χ4v) is 3.73. The standard InChI is InChI=1S/C17H26F2O3/c1-10(2)17(20)22-16-7-4-11(8-15(16)19)13-6-5-12(21-3)9-14(13)18/h11-16H,1,4-9H2,2-3H3. The molecule has 0 amide bonds. The normalized spacial score (nSPS) is 39.3. The summed E-state index contributed by atoms with van der Waals surface area (Å²) < 4.78 is 39.0. The van der Waals surface area contributed by atoms with Gasteiger partial charge in [0.15, 0.2) is 0 Å². The molecule has 126 valence electrons. The SMILES string of the molecule is C=C(C)C(=O)OC1CCC(C2CCC(OC)CC2F)CC1F. The lowest BCUT2D eigenvalue weighted by molar-refractivity contribution is -0.151. The molecule has 0 aromatic heterocycles. The largest absolute Gasteiger partial charge is 0.456 e. The van der Waals surface area contributed by atoms with Gasteiger partial charge in [-0.3, -0.25) is 0 Å². The Morgan fingerprint density at radius 3 is 2.36 bits per heavy atom. The lowest BCUT2D eigenvalue weighted by Crippen LogP contribution is -2.41. The first-order valence-corrected chi connectivity index (χ1v) is 8.09. The average molecular weight is 316 g/mol. The zero-order chi connectivity index (χ0) is 16.3. The first kappa shape index (κ1) is 17.4. The van der Waals surface area contributed by atoms with E-state index in [4.69, 9.17) is 9.47 Å². The highest BCUT2D eigenvalue weighted by atomic mass is 19.1. The lowest BCUT2D eigenvalue weighted by atomic mass is 9.71. The summed E-state index contributed by atoms with van der Waals surface area (Å²) in [5.74, 6) is -0.611. The van der Waals surface area contributed by atoms with Crippen LogP contribution in [0.5, 0.6) is 0 Å². The molecule has 0 aromatic carbocycles. The molecule has 0 N–H and O–H groups in total. The summed E-state index contributed by atoms with van der Waals surface area (Å²) in [6, 6.07) is 0. The third-order valence-corrected chi connectivity index (χ3v) is 5.07.